The molecule has 0 heterocycles. The molecule has 1 atom stereocenters. The van der Waals surface area contributed by atoms with Crippen LogP contribution in [0.2, 0.25) is 10.0 Å². The number of rotatable bonds is 6. The van der Waals surface area contributed by atoms with Gasteiger partial charge in [-0.25, -0.2) is 0 Å². The number of amides is 2. The predicted molar refractivity (Wildman–Crippen MR) is 103 cm³/mol. The molecule has 2 amide bonds. The molecule has 0 aliphatic heterocycles. The maximum absolute atomic E-state index is 12.3. The van der Waals surface area contributed by atoms with E-state index in [1.54, 1.807) is 49.4 Å². The Labute approximate surface area is 161 Å². The Hall–Kier alpha value is -2.24. The fourth-order valence-corrected chi connectivity index (χ4v) is 2.63. The molecule has 3 rings (SSSR count). The summed E-state index contributed by atoms with van der Waals surface area (Å²) in [6.07, 6.45) is 1.14. The van der Waals surface area contributed by atoms with Crippen molar-refractivity contribution >= 4 is 46.4 Å². The molecule has 0 saturated heterocycles. The molecule has 1 saturated carbocycles. The molecular weight excluding hydrogens is 375 g/mol. The van der Waals surface area contributed by atoms with E-state index in [9.17, 15) is 9.59 Å². The molecule has 0 radical (unpaired) electrons. The number of ether oxygens (including phenoxy) is 1. The Balaban J connectivity index is 1.56. The lowest BCUT2D eigenvalue weighted by atomic mass is 10.2. The lowest BCUT2D eigenvalue weighted by molar-refractivity contribution is -0.122. The van der Waals surface area contributed by atoms with Crippen molar-refractivity contribution < 1.29 is 14.3 Å². The molecule has 0 bridgehead atoms. The number of nitrogens with one attached hydrogen (secondary N) is 2. The zero-order valence-electron chi connectivity index (χ0n) is 14.1. The fraction of sp³-hybridized carbons (Fsp3) is 0.263. The zero-order valence-corrected chi connectivity index (χ0v) is 15.6. The molecule has 0 aromatic heterocycles. The standard InChI is InChI=1S/C19H18Cl2N2O3/c1-11(26-16-4-2-3-15(20)17(16)21)18(24)22-13-7-9-14(10-8-13)23-19(25)12-5-6-12/h2-4,7-12H,5-6H2,1H3,(H,22,24)(H,23,25). The second-order valence-electron chi connectivity index (χ2n) is 6.14. The van der Waals surface area contributed by atoms with Gasteiger partial charge in [-0.3, -0.25) is 9.59 Å². The van der Waals surface area contributed by atoms with Crippen molar-refractivity contribution in [2.75, 3.05) is 10.6 Å². The van der Waals surface area contributed by atoms with Gasteiger partial charge < -0.3 is 15.4 Å². The van der Waals surface area contributed by atoms with Gasteiger partial charge in [-0.2, -0.15) is 0 Å². The summed E-state index contributed by atoms with van der Waals surface area (Å²) in [5.74, 6) is 0.212. The van der Waals surface area contributed by atoms with Gasteiger partial charge in [0.2, 0.25) is 5.91 Å². The Morgan fingerprint density at radius 1 is 1.04 bits per heavy atom. The molecule has 1 aliphatic rings. The van der Waals surface area contributed by atoms with Crippen LogP contribution in [0.4, 0.5) is 11.4 Å². The van der Waals surface area contributed by atoms with Gasteiger partial charge in [0.05, 0.1) is 5.02 Å². The predicted octanol–water partition coefficient (Wildman–Crippen LogP) is 4.75. The van der Waals surface area contributed by atoms with E-state index in [-0.39, 0.29) is 22.8 Å². The van der Waals surface area contributed by atoms with Gasteiger partial charge in [-0.05, 0) is 56.2 Å². The summed E-state index contributed by atoms with van der Waals surface area (Å²) >= 11 is 12.0. The van der Waals surface area contributed by atoms with Gasteiger partial charge in [0.1, 0.15) is 10.8 Å². The minimum atomic E-state index is -0.764. The largest absolute Gasteiger partial charge is 0.479 e. The third kappa shape index (κ3) is 4.68. The van der Waals surface area contributed by atoms with Gasteiger partial charge in [-0.1, -0.05) is 29.3 Å². The number of hydrogen-bond donors (Lipinski definition) is 2. The molecule has 5 nitrogen and oxygen atoms in total. The molecule has 2 aromatic carbocycles. The van der Waals surface area contributed by atoms with E-state index in [0.29, 0.717) is 22.1 Å². The SMILES string of the molecule is CC(Oc1cccc(Cl)c1Cl)C(=O)Nc1ccc(NC(=O)C2CC2)cc1. The van der Waals surface area contributed by atoms with Crippen LogP contribution in [0.5, 0.6) is 5.75 Å². The normalized spacial score (nSPS) is 14.4. The Bertz CT molecular complexity index is 820. The Morgan fingerprint density at radius 2 is 1.65 bits per heavy atom. The molecule has 1 fully saturated rings. The average molecular weight is 393 g/mol. The van der Waals surface area contributed by atoms with Crippen molar-refractivity contribution in [3.8, 4) is 5.75 Å². The number of hydrogen-bond acceptors (Lipinski definition) is 3. The maximum Gasteiger partial charge on any atom is 0.265 e. The highest BCUT2D eigenvalue weighted by Crippen LogP contribution is 2.32. The van der Waals surface area contributed by atoms with E-state index in [1.165, 1.54) is 0 Å². The molecule has 2 N–H and O–H groups in total. The first-order valence-electron chi connectivity index (χ1n) is 8.26. The van der Waals surface area contributed by atoms with Crippen LogP contribution in [0.3, 0.4) is 0 Å². The van der Waals surface area contributed by atoms with Crippen molar-refractivity contribution in [1.29, 1.82) is 0 Å². The van der Waals surface area contributed by atoms with Crippen molar-refractivity contribution in [3.63, 3.8) is 0 Å². The summed E-state index contributed by atoms with van der Waals surface area (Å²) < 4.78 is 5.58. The topological polar surface area (TPSA) is 67.4 Å². The van der Waals surface area contributed by atoms with E-state index >= 15 is 0 Å². The highest BCUT2D eigenvalue weighted by atomic mass is 35.5. The molecule has 26 heavy (non-hydrogen) atoms. The van der Waals surface area contributed by atoms with Crippen molar-refractivity contribution in [2.24, 2.45) is 5.92 Å². The number of anilines is 2. The molecule has 7 heteroatoms. The van der Waals surface area contributed by atoms with Crippen LogP contribution >= 0.6 is 23.2 Å². The van der Waals surface area contributed by atoms with E-state index < -0.39 is 6.10 Å². The third-order valence-corrected chi connectivity index (χ3v) is 4.76. The van der Waals surface area contributed by atoms with Crippen LogP contribution in [0, 0.1) is 5.92 Å². The summed E-state index contributed by atoms with van der Waals surface area (Å²) in [6, 6.07) is 11.9. The summed E-state index contributed by atoms with van der Waals surface area (Å²) in [5.41, 5.74) is 1.31. The second kappa shape index (κ2) is 7.98. The van der Waals surface area contributed by atoms with Crippen molar-refractivity contribution in [2.45, 2.75) is 25.9 Å². The number of carbonyl (C=O) groups is 2. The Kier molecular flexibility index (Phi) is 5.69. The van der Waals surface area contributed by atoms with Crippen LogP contribution in [0.25, 0.3) is 0 Å². The molecule has 1 aliphatic carbocycles. The summed E-state index contributed by atoms with van der Waals surface area (Å²) in [6.45, 7) is 1.62. The van der Waals surface area contributed by atoms with Gasteiger partial charge in [0, 0.05) is 17.3 Å². The first-order chi connectivity index (χ1) is 12.4. The quantitative estimate of drug-likeness (QED) is 0.745. The summed E-state index contributed by atoms with van der Waals surface area (Å²) in [5, 5.41) is 6.24. The third-order valence-electron chi connectivity index (χ3n) is 3.96. The molecule has 2 aromatic rings. The highest BCUT2D eigenvalue weighted by Gasteiger charge is 2.29. The number of benzene rings is 2. The summed E-state index contributed by atoms with van der Waals surface area (Å²) in [4.78, 5) is 24.0. The minimum Gasteiger partial charge on any atom is -0.479 e. The average Bonchev–Trinajstić information content (AvgIpc) is 3.45. The van der Waals surface area contributed by atoms with Crippen LogP contribution in [-0.4, -0.2) is 17.9 Å². The second-order valence-corrected chi connectivity index (χ2v) is 6.93. The molecule has 136 valence electrons. The highest BCUT2D eigenvalue weighted by molar-refractivity contribution is 6.42. The van der Waals surface area contributed by atoms with Crippen LogP contribution < -0.4 is 15.4 Å². The molecular formula is C19H18Cl2N2O3. The van der Waals surface area contributed by atoms with E-state index in [1.807, 2.05) is 0 Å². The van der Waals surface area contributed by atoms with E-state index in [2.05, 4.69) is 10.6 Å². The first-order valence-corrected chi connectivity index (χ1v) is 9.02. The summed E-state index contributed by atoms with van der Waals surface area (Å²) in [7, 11) is 0. The smallest absolute Gasteiger partial charge is 0.265 e. The van der Waals surface area contributed by atoms with Crippen LogP contribution in [0.15, 0.2) is 42.5 Å². The van der Waals surface area contributed by atoms with Crippen molar-refractivity contribution in [1.82, 2.24) is 0 Å². The number of halogens is 2. The lowest BCUT2D eigenvalue weighted by Crippen LogP contribution is -2.30. The Morgan fingerprint density at radius 3 is 2.27 bits per heavy atom. The monoisotopic (exact) mass is 392 g/mol. The number of carbonyl (C=O) groups excluding carboxylic acids is 2. The van der Waals surface area contributed by atoms with Gasteiger partial charge >= 0.3 is 0 Å². The van der Waals surface area contributed by atoms with E-state index in [4.69, 9.17) is 27.9 Å². The van der Waals surface area contributed by atoms with Gasteiger partial charge in [0.25, 0.3) is 5.91 Å². The van der Waals surface area contributed by atoms with Gasteiger partial charge in [-0.15, -0.1) is 0 Å². The maximum atomic E-state index is 12.3. The molecule has 0 spiro atoms. The van der Waals surface area contributed by atoms with Crippen molar-refractivity contribution in [3.05, 3.63) is 52.5 Å². The first kappa shape index (κ1) is 18.5. The molecule has 1 unspecified atom stereocenters. The van der Waals surface area contributed by atoms with Gasteiger partial charge in [0.15, 0.2) is 6.10 Å². The lowest BCUT2D eigenvalue weighted by Gasteiger charge is -2.16. The zero-order chi connectivity index (χ0) is 18.7. The van der Waals surface area contributed by atoms with Crippen LogP contribution in [-0.2, 0) is 9.59 Å². The van der Waals surface area contributed by atoms with E-state index in [0.717, 1.165) is 12.8 Å². The fourth-order valence-electron chi connectivity index (χ4n) is 2.29. The minimum absolute atomic E-state index is 0.0437. The van der Waals surface area contributed by atoms with Crippen LogP contribution in [0.1, 0.15) is 19.8 Å².